The molecule has 3 aromatic rings. The zero-order valence-corrected chi connectivity index (χ0v) is 9.14. The summed E-state index contributed by atoms with van der Waals surface area (Å²) < 4.78 is 5.48. The lowest BCUT2D eigenvalue weighted by atomic mass is 10.1. The van der Waals surface area contributed by atoms with E-state index >= 15 is 0 Å². The van der Waals surface area contributed by atoms with Gasteiger partial charge in [0, 0.05) is 5.39 Å². The maximum atomic E-state index is 9.49. The summed E-state index contributed by atoms with van der Waals surface area (Å²) >= 11 is 0. The van der Waals surface area contributed by atoms with Gasteiger partial charge in [-0.1, -0.05) is 0 Å². The Kier molecular flexibility index (Phi) is 1.86. The minimum Gasteiger partial charge on any atom is -0.508 e. The molecule has 0 aliphatic heterocycles. The molecule has 0 radical (unpaired) electrons. The minimum atomic E-state index is 0.0331. The van der Waals surface area contributed by atoms with Gasteiger partial charge in [-0.3, -0.25) is 0 Å². The number of aromatic hydroxyl groups is 1. The summed E-state index contributed by atoms with van der Waals surface area (Å²) in [7, 11) is 0. The fourth-order valence-corrected chi connectivity index (χ4v) is 1.96. The average Bonchev–Trinajstić information content (AvgIpc) is 2.66. The number of benzene rings is 1. The Hall–Kier alpha value is -2.94. The number of anilines is 2. The summed E-state index contributed by atoms with van der Waals surface area (Å²) in [5, 5.41) is 19.6. The largest absolute Gasteiger partial charge is 0.508 e. The predicted molar refractivity (Wildman–Crippen MR) is 66.7 cm³/mol. The molecule has 3 rings (SSSR count). The van der Waals surface area contributed by atoms with Crippen LogP contribution in [0.2, 0.25) is 0 Å². The molecule has 0 bridgehead atoms. The minimum absolute atomic E-state index is 0.0331. The molecule has 0 aliphatic carbocycles. The molecule has 0 fully saturated rings. The first kappa shape index (κ1) is 10.2. The summed E-state index contributed by atoms with van der Waals surface area (Å²) in [5.41, 5.74) is 12.6. The fourth-order valence-electron chi connectivity index (χ4n) is 1.96. The predicted octanol–water partition coefficient (Wildman–Crippen LogP) is 1.72. The van der Waals surface area contributed by atoms with Crippen molar-refractivity contribution in [2.75, 3.05) is 11.5 Å². The number of phenolic OH excluding ortho intramolecular Hbond substituents is 1. The molecule has 0 unspecified atom stereocenters. The highest BCUT2D eigenvalue weighted by Crippen LogP contribution is 2.36. The molecular weight excluding hydrogens is 232 g/mol. The molecule has 6 heteroatoms. The van der Waals surface area contributed by atoms with E-state index in [1.54, 1.807) is 6.07 Å². The summed E-state index contributed by atoms with van der Waals surface area (Å²) in [4.78, 5) is 4.00. The van der Waals surface area contributed by atoms with E-state index in [4.69, 9.17) is 21.1 Å². The van der Waals surface area contributed by atoms with Crippen molar-refractivity contribution in [3.05, 3.63) is 23.8 Å². The van der Waals surface area contributed by atoms with E-state index in [9.17, 15) is 5.11 Å². The highest BCUT2D eigenvalue weighted by molar-refractivity contribution is 6.12. The van der Waals surface area contributed by atoms with Crippen LogP contribution in [-0.2, 0) is 0 Å². The molecule has 6 nitrogen and oxygen atoms in total. The standard InChI is InChI=1S/C12H8N4O2/c13-4-7-10(14)9-6-3-5(17)1-2-8(6)18-12(9)16-11(7)15/h1-3,17H,(H4,14,15,16). The molecule has 2 aromatic heterocycles. The molecule has 0 spiro atoms. The lowest BCUT2D eigenvalue weighted by Crippen LogP contribution is -2.00. The molecule has 0 amide bonds. The van der Waals surface area contributed by atoms with Gasteiger partial charge in [0.05, 0.1) is 11.1 Å². The van der Waals surface area contributed by atoms with Crippen molar-refractivity contribution in [2.45, 2.75) is 0 Å². The lowest BCUT2D eigenvalue weighted by Gasteiger charge is -2.01. The van der Waals surface area contributed by atoms with Crippen LogP contribution in [0.5, 0.6) is 5.75 Å². The molecular formula is C12H8N4O2. The van der Waals surface area contributed by atoms with Gasteiger partial charge in [0.25, 0.3) is 0 Å². The van der Waals surface area contributed by atoms with Gasteiger partial charge in [-0.25, -0.2) is 0 Å². The smallest absolute Gasteiger partial charge is 0.231 e. The van der Waals surface area contributed by atoms with Crippen LogP contribution in [0.1, 0.15) is 5.56 Å². The maximum Gasteiger partial charge on any atom is 0.231 e. The van der Waals surface area contributed by atoms with Gasteiger partial charge in [0.15, 0.2) is 0 Å². The highest BCUT2D eigenvalue weighted by Gasteiger charge is 2.17. The van der Waals surface area contributed by atoms with E-state index in [0.717, 1.165) is 0 Å². The first-order chi connectivity index (χ1) is 8.61. The van der Waals surface area contributed by atoms with E-state index in [0.29, 0.717) is 16.4 Å². The Morgan fingerprint density at radius 1 is 1.33 bits per heavy atom. The summed E-state index contributed by atoms with van der Waals surface area (Å²) in [6.45, 7) is 0. The number of nitrogens with zero attached hydrogens (tertiary/aromatic N) is 2. The first-order valence-corrected chi connectivity index (χ1v) is 5.12. The topological polar surface area (TPSA) is 122 Å². The highest BCUT2D eigenvalue weighted by atomic mass is 16.3. The Bertz CT molecular complexity index is 830. The molecule has 1 aromatic carbocycles. The zero-order valence-electron chi connectivity index (χ0n) is 9.14. The number of hydrogen-bond acceptors (Lipinski definition) is 6. The Morgan fingerprint density at radius 3 is 2.83 bits per heavy atom. The summed E-state index contributed by atoms with van der Waals surface area (Å²) in [6, 6.07) is 6.52. The number of pyridine rings is 1. The molecule has 0 saturated heterocycles. The number of hydrogen-bond donors (Lipinski definition) is 3. The van der Waals surface area contributed by atoms with Crippen molar-refractivity contribution in [1.29, 1.82) is 5.26 Å². The zero-order chi connectivity index (χ0) is 12.9. The quantitative estimate of drug-likeness (QED) is 0.549. The molecule has 0 saturated carbocycles. The second-order valence-electron chi connectivity index (χ2n) is 3.86. The number of furan rings is 1. The molecule has 0 aliphatic rings. The summed E-state index contributed by atoms with van der Waals surface area (Å²) in [6.07, 6.45) is 0. The van der Waals surface area contributed by atoms with E-state index in [2.05, 4.69) is 4.98 Å². The molecule has 5 N–H and O–H groups in total. The van der Waals surface area contributed by atoms with Crippen LogP contribution in [0.25, 0.3) is 22.1 Å². The van der Waals surface area contributed by atoms with Crippen molar-refractivity contribution >= 4 is 33.6 Å². The van der Waals surface area contributed by atoms with Gasteiger partial charge in [-0.15, -0.1) is 0 Å². The third kappa shape index (κ3) is 1.18. The maximum absolute atomic E-state index is 9.49. The number of nitrogen functional groups attached to an aromatic ring is 2. The van der Waals surface area contributed by atoms with Crippen LogP contribution >= 0.6 is 0 Å². The van der Waals surface area contributed by atoms with Crippen LogP contribution in [0.15, 0.2) is 22.6 Å². The molecule has 2 heterocycles. The Balaban J connectivity index is 2.59. The van der Waals surface area contributed by atoms with Crippen LogP contribution in [0.4, 0.5) is 11.5 Å². The summed E-state index contributed by atoms with van der Waals surface area (Å²) in [5.74, 6) is 0.116. The second kappa shape index (κ2) is 3.28. The van der Waals surface area contributed by atoms with Gasteiger partial charge < -0.3 is 21.0 Å². The fraction of sp³-hybridized carbons (Fsp3) is 0. The average molecular weight is 240 g/mol. The van der Waals surface area contributed by atoms with Gasteiger partial charge in [0.2, 0.25) is 5.71 Å². The second-order valence-corrected chi connectivity index (χ2v) is 3.86. The number of rotatable bonds is 0. The monoisotopic (exact) mass is 240 g/mol. The van der Waals surface area contributed by atoms with E-state index in [-0.39, 0.29) is 28.5 Å². The number of aromatic nitrogens is 1. The van der Waals surface area contributed by atoms with Crippen molar-refractivity contribution in [3.8, 4) is 11.8 Å². The molecule has 88 valence electrons. The van der Waals surface area contributed by atoms with Crippen molar-refractivity contribution in [2.24, 2.45) is 0 Å². The van der Waals surface area contributed by atoms with Crippen LogP contribution < -0.4 is 11.5 Å². The Morgan fingerprint density at radius 2 is 2.11 bits per heavy atom. The van der Waals surface area contributed by atoms with E-state index < -0.39 is 0 Å². The van der Waals surface area contributed by atoms with Crippen molar-refractivity contribution in [3.63, 3.8) is 0 Å². The van der Waals surface area contributed by atoms with Crippen molar-refractivity contribution in [1.82, 2.24) is 4.98 Å². The number of phenols is 1. The molecule has 18 heavy (non-hydrogen) atoms. The van der Waals surface area contributed by atoms with Crippen LogP contribution in [0, 0.1) is 11.3 Å². The van der Waals surface area contributed by atoms with Crippen LogP contribution in [-0.4, -0.2) is 10.1 Å². The molecule has 0 atom stereocenters. The lowest BCUT2D eigenvalue weighted by molar-refractivity contribution is 0.476. The SMILES string of the molecule is N#Cc1c(N)nc2oc3ccc(O)cc3c2c1N. The van der Waals surface area contributed by atoms with Crippen molar-refractivity contribution < 1.29 is 9.52 Å². The number of fused-ring (bicyclic) bond motifs is 3. The van der Waals surface area contributed by atoms with E-state index in [1.165, 1.54) is 12.1 Å². The third-order valence-corrected chi connectivity index (χ3v) is 2.78. The van der Waals surface area contributed by atoms with Gasteiger partial charge in [-0.05, 0) is 18.2 Å². The van der Waals surface area contributed by atoms with Gasteiger partial charge in [-0.2, -0.15) is 10.2 Å². The van der Waals surface area contributed by atoms with Gasteiger partial charge >= 0.3 is 0 Å². The third-order valence-electron chi connectivity index (χ3n) is 2.78. The first-order valence-electron chi connectivity index (χ1n) is 5.12. The normalized spacial score (nSPS) is 10.8. The van der Waals surface area contributed by atoms with Crippen LogP contribution in [0.3, 0.4) is 0 Å². The Labute approximate surface area is 101 Å². The number of nitriles is 1. The van der Waals surface area contributed by atoms with E-state index in [1.807, 2.05) is 6.07 Å². The van der Waals surface area contributed by atoms with Gasteiger partial charge in [0.1, 0.15) is 28.8 Å². The number of nitrogens with two attached hydrogens (primary N) is 2.